The van der Waals surface area contributed by atoms with Crippen LogP contribution >= 0.6 is 11.3 Å². The third-order valence-corrected chi connectivity index (χ3v) is 7.71. The number of hydrogen-bond acceptors (Lipinski definition) is 6. The van der Waals surface area contributed by atoms with Crippen molar-refractivity contribution >= 4 is 33.0 Å². The number of nitrogens with zero attached hydrogens (tertiary/aromatic N) is 2. The Hall–Kier alpha value is -2.49. The molecule has 3 aromatic rings. The lowest BCUT2D eigenvalue weighted by Gasteiger charge is -2.25. The molecule has 0 bridgehead atoms. The summed E-state index contributed by atoms with van der Waals surface area (Å²) in [7, 11) is -3.49. The first-order valence-electron chi connectivity index (χ1n) is 9.38. The van der Waals surface area contributed by atoms with Crippen LogP contribution in [-0.2, 0) is 10.0 Å². The van der Waals surface area contributed by atoms with Crippen molar-refractivity contribution in [3.05, 3.63) is 53.2 Å². The van der Waals surface area contributed by atoms with Crippen molar-refractivity contribution in [2.75, 3.05) is 18.4 Å². The molecule has 0 unspecified atom stereocenters. The molecule has 1 N–H and O–H groups in total. The number of carbonyl (C=O) groups is 1. The van der Waals surface area contributed by atoms with Crippen LogP contribution in [0.5, 0.6) is 0 Å². The summed E-state index contributed by atoms with van der Waals surface area (Å²) in [6.45, 7) is 2.94. The molecular formula is C20H21N3O4S2. The van der Waals surface area contributed by atoms with Crippen molar-refractivity contribution in [2.24, 2.45) is 0 Å². The van der Waals surface area contributed by atoms with Crippen LogP contribution in [0.2, 0.25) is 0 Å². The van der Waals surface area contributed by atoms with E-state index in [2.05, 4.69) is 10.3 Å². The van der Waals surface area contributed by atoms with Crippen LogP contribution in [-0.4, -0.2) is 36.7 Å². The van der Waals surface area contributed by atoms with E-state index in [9.17, 15) is 13.2 Å². The lowest BCUT2D eigenvalue weighted by molar-refractivity contribution is 0.102. The van der Waals surface area contributed by atoms with Crippen LogP contribution in [0.15, 0.2) is 52.0 Å². The molecular weight excluding hydrogens is 410 g/mol. The van der Waals surface area contributed by atoms with Crippen LogP contribution in [0.1, 0.15) is 34.6 Å². The summed E-state index contributed by atoms with van der Waals surface area (Å²) in [5.41, 5.74) is 0.839. The summed E-state index contributed by atoms with van der Waals surface area (Å²) in [6.07, 6.45) is 4.40. The fourth-order valence-electron chi connectivity index (χ4n) is 3.27. The van der Waals surface area contributed by atoms with Gasteiger partial charge in [0.1, 0.15) is 5.69 Å². The van der Waals surface area contributed by atoms with Gasteiger partial charge in [0.25, 0.3) is 5.91 Å². The van der Waals surface area contributed by atoms with E-state index in [-0.39, 0.29) is 10.8 Å². The first-order valence-corrected chi connectivity index (χ1v) is 11.6. The predicted octanol–water partition coefficient (Wildman–Crippen LogP) is 4.14. The minimum absolute atomic E-state index is 0.238. The Morgan fingerprint density at radius 2 is 1.86 bits per heavy atom. The molecule has 0 aliphatic carbocycles. The normalized spacial score (nSPS) is 15.3. The first-order chi connectivity index (χ1) is 13.9. The van der Waals surface area contributed by atoms with Crippen molar-refractivity contribution in [1.29, 1.82) is 0 Å². The maximum Gasteiger partial charge on any atom is 0.275 e. The maximum atomic E-state index is 12.7. The molecule has 1 saturated heterocycles. The fourth-order valence-corrected chi connectivity index (χ4v) is 5.66. The number of aryl methyl sites for hydroxylation is 1. The van der Waals surface area contributed by atoms with Crippen LogP contribution in [0.25, 0.3) is 10.8 Å². The third kappa shape index (κ3) is 4.12. The van der Waals surface area contributed by atoms with Gasteiger partial charge in [0, 0.05) is 23.7 Å². The van der Waals surface area contributed by atoms with E-state index in [1.54, 1.807) is 30.5 Å². The number of nitrogens with one attached hydrogen (secondary N) is 1. The van der Waals surface area contributed by atoms with E-state index in [1.165, 1.54) is 27.8 Å². The number of furan rings is 1. The van der Waals surface area contributed by atoms with Gasteiger partial charge in [-0.05, 0) is 56.2 Å². The molecule has 0 atom stereocenters. The number of rotatable bonds is 5. The average Bonchev–Trinajstić information content (AvgIpc) is 3.39. The number of amides is 1. The molecule has 9 heteroatoms. The molecule has 2 aromatic heterocycles. The molecule has 3 heterocycles. The maximum absolute atomic E-state index is 12.7. The predicted molar refractivity (Wildman–Crippen MR) is 112 cm³/mol. The van der Waals surface area contributed by atoms with Crippen LogP contribution in [0.3, 0.4) is 0 Å². The zero-order chi connectivity index (χ0) is 20.4. The fraction of sp³-hybridized carbons (Fsp3) is 0.300. The highest BCUT2D eigenvalue weighted by Gasteiger charge is 2.26. The number of benzene rings is 1. The highest BCUT2D eigenvalue weighted by molar-refractivity contribution is 7.89. The molecule has 1 aliphatic rings. The number of carbonyl (C=O) groups excluding carboxylic acids is 1. The molecule has 152 valence electrons. The molecule has 1 aliphatic heterocycles. The molecule has 1 fully saturated rings. The highest BCUT2D eigenvalue weighted by atomic mass is 32.2. The smallest absolute Gasteiger partial charge is 0.275 e. The minimum atomic E-state index is -3.49. The standard InChI is InChI=1S/C20H21N3O4S2/c1-14-18(22-20(28-14)17-6-5-13-27-17)19(24)21-15-7-9-16(10-8-15)29(25,26)23-11-3-2-4-12-23/h5-10,13H,2-4,11-12H2,1H3,(H,21,24). The van der Waals surface area contributed by atoms with Gasteiger partial charge in [0.15, 0.2) is 10.8 Å². The van der Waals surface area contributed by atoms with Gasteiger partial charge in [-0.1, -0.05) is 6.42 Å². The van der Waals surface area contributed by atoms with Crippen molar-refractivity contribution in [1.82, 2.24) is 9.29 Å². The summed E-state index contributed by atoms with van der Waals surface area (Å²) < 4.78 is 32.3. The second-order valence-electron chi connectivity index (χ2n) is 6.84. The minimum Gasteiger partial charge on any atom is -0.462 e. The van der Waals surface area contributed by atoms with Gasteiger partial charge in [-0.15, -0.1) is 11.3 Å². The first kappa shape index (κ1) is 19.8. The lowest BCUT2D eigenvalue weighted by Crippen LogP contribution is -2.35. The second kappa shape index (κ2) is 8.10. The van der Waals surface area contributed by atoms with Crippen molar-refractivity contribution in [3.63, 3.8) is 0 Å². The zero-order valence-corrected chi connectivity index (χ0v) is 17.6. The number of piperidine rings is 1. The van der Waals surface area contributed by atoms with Crippen molar-refractivity contribution in [2.45, 2.75) is 31.1 Å². The van der Waals surface area contributed by atoms with Crippen molar-refractivity contribution in [3.8, 4) is 10.8 Å². The molecule has 1 aromatic carbocycles. The highest BCUT2D eigenvalue weighted by Crippen LogP contribution is 2.28. The Bertz CT molecular complexity index is 1100. The van der Waals surface area contributed by atoms with Gasteiger partial charge in [-0.2, -0.15) is 4.31 Å². The Kier molecular flexibility index (Phi) is 5.53. The Morgan fingerprint density at radius 1 is 1.14 bits per heavy atom. The average molecular weight is 432 g/mol. The second-order valence-corrected chi connectivity index (χ2v) is 9.99. The zero-order valence-electron chi connectivity index (χ0n) is 15.9. The van der Waals surface area contributed by atoms with Crippen LogP contribution in [0.4, 0.5) is 5.69 Å². The topological polar surface area (TPSA) is 92.5 Å². The van der Waals surface area contributed by atoms with Gasteiger partial charge in [-0.25, -0.2) is 13.4 Å². The number of aromatic nitrogens is 1. The molecule has 1 amide bonds. The van der Waals surface area contributed by atoms with E-state index in [1.807, 2.05) is 6.92 Å². The molecule has 29 heavy (non-hydrogen) atoms. The summed E-state index contributed by atoms with van der Waals surface area (Å²) >= 11 is 1.38. The summed E-state index contributed by atoms with van der Waals surface area (Å²) in [5.74, 6) is 0.271. The SMILES string of the molecule is Cc1sc(-c2ccco2)nc1C(=O)Nc1ccc(S(=O)(=O)N2CCCCC2)cc1. The lowest BCUT2D eigenvalue weighted by atomic mass is 10.2. The number of thiazole rings is 1. The van der Waals surface area contributed by atoms with E-state index in [0.717, 1.165) is 24.1 Å². The number of sulfonamides is 1. The molecule has 0 spiro atoms. The number of anilines is 1. The third-order valence-electron chi connectivity index (χ3n) is 4.81. The van der Waals surface area contributed by atoms with Crippen LogP contribution in [0, 0.1) is 6.92 Å². The Morgan fingerprint density at radius 3 is 2.52 bits per heavy atom. The van der Waals surface area contributed by atoms with Gasteiger partial charge in [0.05, 0.1) is 11.2 Å². The summed E-state index contributed by atoms with van der Waals surface area (Å²) in [5, 5.41) is 3.42. The largest absolute Gasteiger partial charge is 0.462 e. The Labute approximate surface area is 173 Å². The van der Waals surface area contributed by atoms with E-state index in [0.29, 0.717) is 35.2 Å². The van der Waals surface area contributed by atoms with Gasteiger partial charge in [-0.3, -0.25) is 4.79 Å². The summed E-state index contributed by atoms with van der Waals surface area (Å²) in [4.78, 5) is 18.0. The Balaban J connectivity index is 1.48. The van der Waals surface area contributed by atoms with E-state index >= 15 is 0 Å². The van der Waals surface area contributed by atoms with Crippen LogP contribution < -0.4 is 5.32 Å². The van der Waals surface area contributed by atoms with E-state index < -0.39 is 10.0 Å². The van der Waals surface area contributed by atoms with Gasteiger partial charge in [0.2, 0.25) is 10.0 Å². The van der Waals surface area contributed by atoms with E-state index in [4.69, 9.17) is 4.42 Å². The van der Waals surface area contributed by atoms with Gasteiger partial charge < -0.3 is 9.73 Å². The quantitative estimate of drug-likeness (QED) is 0.655. The molecule has 4 rings (SSSR count). The van der Waals surface area contributed by atoms with Crippen molar-refractivity contribution < 1.29 is 17.6 Å². The molecule has 0 saturated carbocycles. The summed E-state index contributed by atoms with van der Waals surface area (Å²) in [6, 6.07) is 9.82. The number of hydrogen-bond donors (Lipinski definition) is 1. The monoisotopic (exact) mass is 431 g/mol. The molecule has 7 nitrogen and oxygen atoms in total. The molecule has 0 radical (unpaired) electrons. The van der Waals surface area contributed by atoms with Gasteiger partial charge >= 0.3 is 0 Å².